The summed E-state index contributed by atoms with van der Waals surface area (Å²) in [6, 6.07) is 1.07. The number of halogens is 3. The molecule has 8 heteroatoms. The van der Waals surface area contributed by atoms with Gasteiger partial charge in [-0.05, 0) is 45.3 Å². The van der Waals surface area contributed by atoms with Crippen molar-refractivity contribution < 1.29 is 17.9 Å². The fraction of sp³-hybridized carbons (Fsp3) is 0.750. The minimum absolute atomic E-state index is 0.00366. The number of aromatic nitrogens is 2. The van der Waals surface area contributed by atoms with Crippen LogP contribution in [0, 0.1) is 6.92 Å². The van der Waals surface area contributed by atoms with Crippen molar-refractivity contribution in [2.45, 2.75) is 44.5 Å². The highest BCUT2D eigenvalue weighted by Gasteiger charge is 2.38. The van der Waals surface area contributed by atoms with Gasteiger partial charge in [0, 0.05) is 31.9 Å². The summed E-state index contributed by atoms with van der Waals surface area (Å²) in [5.41, 5.74) is -0.557. The molecule has 5 nitrogen and oxygen atoms in total. The molecule has 0 spiro atoms. The van der Waals surface area contributed by atoms with Crippen LogP contribution in [0.3, 0.4) is 0 Å². The van der Waals surface area contributed by atoms with Gasteiger partial charge in [0.1, 0.15) is 5.69 Å². The molecule has 0 N–H and O–H groups in total. The largest absolute Gasteiger partial charge is 0.433 e. The fourth-order valence-corrected chi connectivity index (χ4v) is 3.55. The third-order valence-electron chi connectivity index (χ3n) is 4.77. The Labute approximate surface area is 139 Å². The second-order valence-electron chi connectivity index (χ2n) is 6.60. The first-order chi connectivity index (χ1) is 11.4. The summed E-state index contributed by atoms with van der Waals surface area (Å²) in [4.78, 5) is 12.3. The number of aryl methyl sites for hydroxylation is 1. The van der Waals surface area contributed by atoms with Crippen LogP contribution in [-0.4, -0.2) is 60.3 Å². The summed E-state index contributed by atoms with van der Waals surface area (Å²) >= 11 is 0. The van der Waals surface area contributed by atoms with Crippen molar-refractivity contribution in [1.29, 1.82) is 0 Å². The highest BCUT2D eigenvalue weighted by molar-refractivity contribution is 5.37. The van der Waals surface area contributed by atoms with E-state index >= 15 is 0 Å². The predicted molar refractivity (Wildman–Crippen MR) is 84.0 cm³/mol. The standard InChI is InChI=1S/C16H23F3N4O/c1-11-7-14(16(17,18)19)21-15(20-11)23-10-13(24-2)8-12(23)9-22-5-3-4-6-22/h7,12-13H,3-6,8-10H2,1-2H3/t12-,13-/m0/s1. The Bertz CT molecular complexity index is 575. The zero-order valence-electron chi connectivity index (χ0n) is 14.0. The van der Waals surface area contributed by atoms with Crippen LogP contribution in [0.25, 0.3) is 0 Å². The van der Waals surface area contributed by atoms with Crippen molar-refractivity contribution in [2.75, 3.05) is 38.2 Å². The molecule has 1 aromatic heterocycles. The minimum atomic E-state index is -4.46. The van der Waals surface area contributed by atoms with Crippen molar-refractivity contribution in [3.05, 3.63) is 17.5 Å². The number of nitrogens with zero attached hydrogens (tertiary/aromatic N) is 4. The van der Waals surface area contributed by atoms with Crippen LogP contribution in [0.1, 0.15) is 30.7 Å². The molecule has 0 radical (unpaired) electrons. The van der Waals surface area contributed by atoms with Crippen molar-refractivity contribution in [3.8, 4) is 0 Å². The molecule has 2 fully saturated rings. The van der Waals surface area contributed by atoms with Gasteiger partial charge in [0.2, 0.25) is 5.95 Å². The molecule has 3 heterocycles. The predicted octanol–water partition coefficient (Wildman–Crippen LogP) is 2.49. The third-order valence-corrected chi connectivity index (χ3v) is 4.77. The van der Waals surface area contributed by atoms with Crippen LogP contribution >= 0.6 is 0 Å². The van der Waals surface area contributed by atoms with Gasteiger partial charge in [-0.15, -0.1) is 0 Å². The van der Waals surface area contributed by atoms with Gasteiger partial charge in [0.15, 0.2) is 0 Å². The van der Waals surface area contributed by atoms with Crippen LogP contribution < -0.4 is 4.90 Å². The van der Waals surface area contributed by atoms with Gasteiger partial charge in [-0.25, -0.2) is 9.97 Å². The topological polar surface area (TPSA) is 41.5 Å². The zero-order chi connectivity index (χ0) is 17.3. The molecule has 24 heavy (non-hydrogen) atoms. The average molecular weight is 344 g/mol. The first-order valence-electron chi connectivity index (χ1n) is 8.31. The average Bonchev–Trinajstić information content (AvgIpc) is 3.15. The Morgan fingerprint density at radius 1 is 1.25 bits per heavy atom. The number of ether oxygens (including phenoxy) is 1. The first kappa shape index (κ1) is 17.4. The van der Waals surface area contributed by atoms with E-state index in [4.69, 9.17) is 4.74 Å². The molecule has 3 rings (SSSR count). The summed E-state index contributed by atoms with van der Waals surface area (Å²) in [6.07, 6.45) is -1.32. The molecule has 0 saturated carbocycles. The Kier molecular flexibility index (Phi) is 4.96. The maximum atomic E-state index is 13.1. The summed E-state index contributed by atoms with van der Waals surface area (Å²) in [6.45, 7) is 5.00. The molecule has 2 saturated heterocycles. The molecule has 2 aliphatic heterocycles. The maximum absolute atomic E-state index is 13.1. The molecule has 2 atom stereocenters. The van der Waals surface area contributed by atoms with E-state index in [1.165, 1.54) is 12.8 Å². The number of alkyl halides is 3. The van der Waals surface area contributed by atoms with E-state index in [1.807, 2.05) is 4.90 Å². The Hall–Kier alpha value is -1.41. The molecule has 134 valence electrons. The SMILES string of the molecule is CO[C@H]1C[C@@H](CN2CCCC2)N(c2nc(C)cc(C(F)(F)F)n2)C1. The maximum Gasteiger partial charge on any atom is 0.433 e. The van der Waals surface area contributed by atoms with Crippen LogP contribution in [0.4, 0.5) is 19.1 Å². The minimum Gasteiger partial charge on any atom is -0.380 e. The molecular formula is C16H23F3N4O. The molecule has 0 amide bonds. The van der Waals surface area contributed by atoms with Crippen LogP contribution in [0.15, 0.2) is 6.07 Å². The van der Waals surface area contributed by atoms with Gasteiger partial charge in [-0.3, -0.25) is 0 Å². The monoisotopic (exact) mass is 344 g/mol. The molecular weight excluding hydrogens is 321 g/mol. The summed E-state index contributed by atoms with van der Waals surface area (Å²) in [5.74, 6) is 0.158. The van der Waals surface area contributed by atoms with E-state index < -0.39 is 11.9 Å². The molecule has 0 aromatic carbocycles. The fourth-order valence-electron chi connectivity index (χ4n) is 3.55. The van der Waals surface area contributed by atoms with E-state index in [0.29, 0.717) is 12.2 Å². The first-order valence-corrected chi connectivity index (χ1v) is 8.31. The lowest BCUT2D eigenvalue weighted by Gasteiger charge is -2.28. The number of rotatable bonds is 4. The Balaban J connectivity index is 1.85. The van der Waals surface area contributed by atoms with Crippen molar-refractivity contribution in [1.82, 2.24) is 14.9 Å². The molecule has 0 unspecified atom stereocenters. The normalized spacial score (nSPS) is 25.6. The lowest BCUT2D eigenvalue weighted by atomic mass is 10.2. The van der Waals surface area contributed by atoms with Gasteiger partial charge >= 0.3 is 6.18 Å². The van der Waals surface area contributed by atoms with Gasteiger partial charge in [-0.2, -0.15) is 13.2 Å². The van der Waals surface area contributed by atoms with E-state index in [0.717, 1.165) is 32.1 Å². The van der Waals surface area contributed by atoms with Crippen molar-refractivity contribution >= 4 is 5.95 Å². The zero-order valence-corrected chi connectivity index (χ0v) is 14.0. The van der Waals surface area contributed by atoms with E-state index in [-0.39, 0.29) is 18.1 Å². The second kappa shape index (κ2) is 6.84. The van der Waals surface area contributed by atoms with E-state index in [2.05, 4.69) is 14.9 Å². The highest BCUT2D eigenvalue weighted by atomic mass is 19.4. The van der Waals surface area contributed by atoms with Gasteiger partial charge in [0.25, 0.3) is 0 Å². The second-order valence-corrected chi connectivity index (χ2v) is 6.60. The van der Waals surface area contributed by atoms with Gasteiger partial charge in [0.05, 0.1) is 6.10 Å². The van der Waals surface area contributed by atoms with Crippen LogP contribution in [-0.2, 0) is 10.9 Å². The third kappa shape index (κ3) is 3.80. The lowest BCUT2D eigenvalue weighted by molar-refractivity contribution is -0.141. The number of hydrogen-bond acceptors (Lipinski definition) is 5. The van der Waals surface area contributed by atoms with Gasteiger partial charge < -0.3 is 14.5 Å². The van der Waals surface area contributed by atoms with E-state index in [1.54, 1.807) is 14.0 Å². The Morgan fingerprint density at radius 3 is 2.58 bits per heavy atom. The lowest BCUT2D eigenvalue weighted by Crippen LogP contribution is -2.40. The molecule has 0 bridgehead atoms. The highest BCUT2D eigenvalue weighted by Crippen LogP contribution is 2.31. The number of anilines is 1. The number of methoxy groups -OCH3 is 1. The molecule has 1 aromatic rings. The summed E-state index contributed by atoms with van der Waals surface area (Å²) < 4.78 is 44.6. The molecule has 2 aliphatic rings. The van der Waals surface area contributed by atoms with Crippen molar-refractivity contribution in [2.24, 2.45) is 0 Å². The van der Waals surface area contributed by atoms with Crippen molar-refractivity contribution in [3.63, 3.8) is 0 Å². The summed E-state index contributed by atoms with van der Waals surface area (Å²) in [7, 11) is 1.64. The number of likely N-dealkylation sites (tertiary alicyclic amines) is 1. The van der Waals surface area contributed by atoms with Crippen LogP contribution in [0.2, 0.25) is 0 Å². The summed E-state index contributed by atoms with van der Waals surface area (Å²) in [5, 5.41) is 0. The van der Waals surface area contributed by atoms with Gasteiger partial charge in [-0.1, -0.05) is 0 Å². The van der Waals surface area contributed by atoms with Crippen LogP contribution in [0.5, 0.6) is 0 Å². The molecule has 0 aliphatic carbocycles. The smallest absolute Gasteiger partial charge is 0.380 e. The number of hydrogen-bond donors (Lipinski definition) is 0. The van der Waals surface area contributed by atoms with E-state index in [9.17, 15) is 13.2 Å². The quantitative estimate of drug-likeness (QED) is 0.839. The Morgan fingerprint density at radius 2 is 1.96 bits per heavy atom.